The Bertz CT molecular complexity index is 1060. The van der Waals surface area contributed by atoms with E-state index in [2.05, 4.69) is 10.4 Å². The summed E-state index contributed by atoms with van der Waals surface area (Å²) in [7, 11) is 0. The molecular weight excluding hydrogens is 370 g/mol. The van der Waals surface area contributed by atoms with Crippen LogP contribution in [0.4, 0.5) is 0 Å². The molecule has 0 bridgehead atoms. The number of carboxylic acid groups (broad SMARTS) is 1. The van der Waals surface area contributed by atoms with Crippen molar-refractivity contribution in [2.45, 2.75) is 26.3 Å². The lowest BCUT2D eigenvalue weighted by Crippen LogP contribution is -2.45. The van der Waals surface area contributed by atoms with Crippen molar-refractivity contribution in [2.75, 3.05) is 0 Å². The summed E-state index contributed by atoms with van der Waals surface area (Å²) in [5.41, 5.74) is 3.26. The number of carbonyl (C=O) groups is 3. The van der Waals surface area contributed by atoms with Crippen molar-refractivity contribution in [3.05, 3.63) is 83.2 Å². The zero-order valence-corrected chi connectivity index (χ0v) is 16.1. The molecule has 0 aliphatic carbocycles. The van der Waals surface area contributed by atoms with Crippen molar-refractivity contribution in [3.63, 3.8) is 0 Å². The molecule has 1 heterocycles. The van der Waals surface area contributed by atoms with Crippen LogP contribution in [0.25, 0.3) is 5.69 Å². The summed E-state index contributed by atoms with van der Waals surface area (Å²) in [5.74, 6) is -3.22. The molecule has 0 saturated carbocycles. The number of rotatable bonds is 7. The van der Waals surface area contributed by atoms with Crippen molar-refractivity contribution in [1.82, 2.24) is 15.1 Å². The molecule has 1 amide bonds. The molecule has 0 aliphatic rings. The van der Waals surface area contributed by atoms with Gasteiger partial charge in [-0.1, -0.05) is 48.5 Å². The number of para-hydroxylation sites is 1. The van der Waals surface area contributed by atoms with Gasteiger partial charge in [0.1, 0.15) is 11.7 Å². The first-order valence-electron chi connectivity index (χ1n) is 9.11. The number of aromatic nitrogens is 2. The quantitative estimate of drug-likeness (QED) is 0.603. The fourth-order valence-corrected chi connectivity index (χ4v) is 3.09. The number of ketones is 1. The molecule has 1 unspecified atom stereocenters. The number of benzene rings is 2. The second kappa shape index (κ2) is 8.52. The molecule has 1 aromatic heterocycles. The van der Waals surface area contributed by atoms with Crippen molar-refractivity contribution in [2.24, 2.45) is 0 Å². The molecule has 2 N–H and O–H groups in total. The third-order valence-corrected chi connectivity index (χ3v) is 4.52. The van der Waals surface area contributed by atoms with Crippen LogP contribution in [0.15, 0.2) is 60.7 Å². The number of nitrogens with zero attached hydrogens (tertiary/aromatic N) is 2. The van der Waals surface area contributed by atoms with Gasteiger partial charge in [0.05, 0.1) is 11.4 Å². The highest BCUT2D eigenvalue weighted by atomic mass is 16.4. The molecule has 0 spiro atoms. The van der Waals surface area contributed by atoms with E-state index in [-0.39, 0.29) is 12.1 Å². The summed E-state index contributed by atoms with van der Waals surface area (Å²) in [4.78, 5) is 36.4. The SMILES string of the molecule is Cc1cc(C(=O)NC(Cc2ccccc2)C(=O)C(=O)O)n(-c2ccccc2C)n1. The number of hydrogen-bond donors (Lipinski definition) is 2. The van der Waals surface area contributed by atoms with Gasteiger partial charge in [-0.25, -0.2) is 9.48 Å². The Kier molecular flexibility index (Phi) is 5.87. The van der Waals surface area contributed by atoms with Gasteiger partial charge < -0.3 is 10.4 Å². The Morgan fingerprint density at radius 2 is 1.69 bits per heavy atom. The van der Waals surface area contributed by atoms with Crippen LogP contribution in [-0.2, 0) is 16.0 Å². The predicted molar refractivity (Wildman–Crippen MR) is 107 cm³/mol. The monoisotopic (exact) mass is 391 g/mol. The van der Waals surface area contributed by atoms with E-state index in [4.69, 9.17) is 5.11 Å². The van der Waals surface area contributed by atoms with E-state index in [1.54, 1.807) is 37.3 Å². The average molecular weight is 391 g/mol. The molecule has 0 saturated heterocycles. The fraction of sp³-hybridized carbons (Fsp3) is 0.182. The second-order valence-corrected chi connectivity index (χ2v) is 6.75. The minimum Gasteiger partial charge on any atom is -0.475 e. The van der Waals surface area contributed by atoms with E-state index in [1.165, 1.54) is 4.68 Å². The lowest BCUT2D eigenvalue weighted by Gasteiger charge is -2.17. The van der Waals surface area contributed by atoms with Crippen molar-refractivity contribution >= 4 is 17.7 Å². The number of hydrogen-bond acceptors (Lipinski definition) is 4. The maximum Gasteiger partial charge on any atom is 0.374 e. The van der Waals surface area contributed by atoms with Crippen LogP contribution in [0, 0.1) is 13.8 Å². The zero-order valence-electron chi connectivity index (χ0n) is 16.1. The van der Waals surface area contributed by atoms with Gasteiger partial charge in [0.15, 0.2) is 0 Å². The predicted octanol–water partition coefficient (Wildman–Crippen LogP) is 2.48. The minimum absolute atomic E-state index is 0.0786. The summed E-state index contributed by atoms with van der Waals surface area (Å²) in [6, 6.07) is 16.8. The summed E-state index contributed by atoms with van der Waals surface area (Å²) in [6.07, 6.45) is 0.0786. The Labute approximate surface area is 168 Å². The summed E-state index contributed by atoms with van der Waals surface area (Å²) in [5, 5.41) is 16.1. The van der Waals surface area contributed by atoms with E-state index in [0.717, 1.165) is 16.8 Å². The number of aryl methyl sites for hydroxylation is 2. The van der Waals surface area contributed by atoms with Crippen LogP contribution in [0.2, 0.25) is 0 Å². The van der Waals surface area contributed by atoms with Crippen LogP contribution in [-0.4, -0.2) is 38.6 Å². The van der Waals surface area contributed by atoms with Crippen molar-refractivity contribution < 1.29 is 19.5 Å². The highest BCUT2D eigenvalue weighted by Gasteiger charge is 2.28. The molecule has 7 nitrogen and oxygen atoms in total. The van der Waals surface area contributed by atoms with Gasteiger partial charge in [0, 0.05) is 6.42 Å². The first-order chi connectivity index (χ1) is 13.9. The molecular formula is C22H21N3O4. The van der Waals surface area contributed by atoms with Gasteiger partial charge >= 0.3 is 5.97 Å². The third kappa shape index (κ3) is 4.57. The topological polar surface area (TPSA) is 101 Å². The molecule has 7 heteroatoms. The van der Waals surface area contributed by atoms with Crippen LogP contribution in [0.3, 0.4) is 0 Å². The molecule has 29 heavy (non-hydrogen) atoms. The summed E-state index contributed by atoms with van der Waals surface area (Å²) in [6.45, 7) is 3.66. The molecule has 148 valence electrons. The standard InChI is InChI=1S/C22H21N3O4/c1-14-8-6-7-11-18(14)25-19(12-15(2)24-25)21(27)23-17(20(26)22(28)29)13-16-9-4-3-5-10-16/h3-12,17H,13H2,1-2H3,(H,23,27)(H,28,29). The van der Waals surface area contributed by atoms with Gasteiger partial charge in [-0.3, -0.25) is 9.59 Å². The number of amides is 1. The van der Waals surface area contributed by atoms with E-state index in [1.807, 2.05) is 37.3 Å². The molecule has 3 aromatic rings. The van der Waals surface area contributed by atoms with Gasteiger partial charge in [0.2, 0.25) is 0 Å². The normalized spacial score (nSPS) is 11.7. The fourth-order valence-electron chi connectivity index (χ4n) is 3.09. The number of nitrogens with one attached hydrogen (secondary N) is 1. The smallest absolute Gasteiger partial charge is 0.374 e. The summed E-state index contributed by atoms with van der Waals surface area (Å²) < 4.78 is 1.50. The molecule has 0 aliphatic heterocycles. The number of carboxylic acids is 1. The molecule has 0 fully saturated rings. The number of aliphatic carboxylic acids is 1. The molecule has 0 radical (unpaired) electrons. The number of carbonyl (C=O) groups excluding carboxylic acids is 2. The van der Waals surface area contributed by atoms with E-state index in [0.29, 0.717) is 5.69 Å². The van der Waals surface area contributed by atoms with Crippen LogP contribution in [0.5, 0.6) is 0 Å². The lowest BCUT2D eigenvalue weighted by atomic mass is 10.0. The van der Waals surface area contributed by atoms with Crippen LogP contribution < -0.4 is 5.32 Å². The molecule has 2 aromatic carbocycles. The van der Waals surface area contributed by atoms with E-state index < -0.39 is 23.7 Å². The summed E-state index contributed by atoms with van der Waals surface area (Å²) >= 11 is 0. The Morgan fingerprint density at radius 3 is 2.34 bits per heavy atom. The van der Waals surface area contributed by atoms with Gasteiger partial charge in [-0.15, -0.1) is 0 Å². The first kappa shape index (κ1) is 20.0. The Hall–Kier alpha value is -3.74. The first-order valence-corrected chi connectivity index (χ1v) is 9.11. The van der Waals surface area contributed by atoms with Crippen molar-refractivity contribution in [1.29, 1.82) is 0 Å². The van der Waals surface area contributed by atoms with Gasteiger partial charge in [0.25, 0.3) is 11.7 Å². The van der Waals surface area contributed by atoms with E-state index >= 15 is 0 Å². The maximum atomic E-state index is 13.0. The largest absolute Gasteiger partial charge is 0.475 e. The van der Waals surface area contributed by atoms with Gasteiger partial charge in [-0.05, 0) is 37.1 Å². The molecule has 1 atom stereocenters. The van der Waals surface area contributed by atoms with Gasteiger partial charge in [-0.2, -0.15) is 5.10 Å². The van der Waals surface area contributed by atoms with Crippen molar-refractivity contribution in [3.8, 4) is 5.69 Å². The molecule has 3 rings (SSSR count). The number of Topliss-reactive ketones (excluding diaryl/α,β-unsaturated/α-hetero) is 1. The van der Waals surface area contributed by atoms with Crippen LogP contribution in [0.1, 0.15) is 27.3 Å². The Morgan fingerprint density at radius 1 is 1.03 bits per heavy atom. The maximum absolute atomic E-state index is 13.0. The average Bonchev–Trinajstić information content (AvgIpc) is 3.09. The third-order valence-electron chi connectivity index (χ3n) is 4.52. The zero-order chi connectivity index (χ0) is 21.0. The van der Waals surface area contributed by atoms with E-state index in [9.17, 15) is 14.4 Å². The Balaban J connectivity index is 1.91. The lowest BCUT2D eigenvalue weighted by molar-refractivity contribution is -0.149. The highest BCUT2D eigenvalue weighted by molar-refractivity contribution is 6.35. The highest BCUT2D eigenvalue weighted by Crippen LogP contribution is 2.17. The second-order valence-electron chi connectivity index (χ2n) is 6.75. The minimum atomic E-state index is -1.59. The van der Waals surface area contributed by atoms with Crippen LogP contribution >= 0.6 is 0 Å².